The number of amides is 3. The van der Waals surface area contributed by atoms with Crippen LogP contribution in [0.1, 0.15) is 18.1 Å². The number of aryl methyl sites for hydroxylation is 1. The number of nitrogens with zero attached hydrogens (tertiary/aromatic N) is 2. The van der Waals surface area contributed by atoms with Gasteiger partial charge in [0.05, 0.1) is 30.4 Å². The van der Waals surface area contributed by atoms with Crippen LogP contribution in [0.15, 0.2) is 48.5 Å². The van der Waals surface area contributed by atoms with Gasteiger partial charge in [0.1, 0.15) is 0 Å². The van der Waals surface area contributed by atoms with Gasteiger partial charge < -0.3 is 15.5 Å². The highest BCUT2D eigenvalue weighted by Crippen LogP contribution is 2.34. The van der Waals surface area contributed by atoms with Crippen LogP contribution in [0.2, 0.25) is 0 Å². The van der Waals surface area contributed by atoms with Crippen molar-refractivity contribution < 1.29 is 27.6 Å². The first-order valence-corrected chi connectivity index (χ1v) is 10.2. The van der Waals surface area contributed by atoms with Gasteiger partial charge >= 0.3 is 6.18 Å². The Morgan fingerprint density at radius 1 is 0.909 bits per heavy atom. The second-order valence-corrected chi connectivity index (χ2v) is 7.79. The molecule has 7 nitrogen and oxygen atoms in total. The van der Waals surface area contributed by atoms with Crippen LogP contribution in [0.25, 0.3) is 0 Å². The molecule has 0 saturated carbocycles. The average molecular weight is 464 g/mol. The molecule has 0 aromatic heterocycles. The molecule has 3 amide bonds. The quantitative estimate of drug-likeness (QED) is 0.628. The maximum Gasteiger partial charge on any atom is 0.418 e. The Hall–Kier alpha value is -3.40. The summed E-state index contributed by atoms with van der Waals surface area (Å²) in [7, 11) is 2.96. The van der Waals surface area contributed by atoms with Gasteiger partial charge in [0.25, 0.3) is 0 Å². The minimum absolute atomic E-state index is 0.198. The predicted octanol–water partition coefficient (Wildman–Crippen LogP) is 3.37. The molecular weight excluding hydrogens is 437 g/mol. The summed E-state index contributed by atoms with van der Waals surface area (Å²) in [6.45, 7) is 2.96. The Morgan fingerprint density at radius 3 is 2.09 bits per heavy atom. The molecule has 2 N–H and O–H groups in total. The molecule has 0 spiro atoms. The smallest absolute Gasteiger partial charge is 0.335 e. The number of halogens is 3. The SMILES string of the molecule is Cc1ccc(NC(=O)CN(C)C(=O)C(C)N(C)CC(=O)Nc2ccccc2C(F)(F)F)cc1. The highest BCUT2D eigenvalue weighted by molar-refractivity contribution is 5.96. The molecule has 2 aromatic carbocycles. The summed E-state index contributed by atoms with van der Waals surface area (Å²) in [6, 6.07) is 11.1. The number of nitrogens with one attached hydrogen (secondary N) is 2. The van der Waals surface area contributed by atoms with Crippen molar-refractivity contribution in [2.45, 2.75) is 26.1 Å². The van der Waals surface area contributed by atoms with Crippen LogP contribution in [0, 0.1) is 6.92 Å². The monoisotopic (exact) mass is 464 g/mol. The average Bonchev–Trinajstić information content (AvgIpc) is 2.73. The van der Waals surface area contributed by atoms with Crippen molar-refractivity contribution in [1.29, 1.82) is 0 Å². The highest BCUT2D eigenvalue weighted by atomic mass is 19.4. The largest absolute Gasteiger partial charge is 0.418 e. The summed E-state index contributed by atoms with van der Waals surface area (Å²) in [5.74, 6) is -1.50. The highest BCUT2D eigenvalue weighted by Gasteiger charge is 2.33. The zero-order valence-corrected chi connectivity index (χ0v) is 18.9. The molecule has 0 radical (unpaired) electrons. The Bertz CT molecular complexity index is 993. The third kappa shape index (κ3) is 7.60. The third-order valence-corrected chi connectivity index (χ3v) is 5.01. The van der Waals surface area contributed by atoms with Crippen LogP contribution in [0.4, 0.5) is 24.5 Å². The van der Waals surface area contributed by atoms with Gasteiger partial charge in [-0.1, -0.05) is 29.8 Å². The topological polar surface area (TPSA) is 81.8 Å². The Labute approximate surface area is 190 Å². The molecule has 0 saturated heterocycles. The summed E-state index contributed by atoms with van der Waals surface area (Å²) in [5.41, 5.74) is 0.340. The number of alkyl halides is 3. The number of benzene rings is 2. The molecule has 2 rings (SSSR count). The van der Waals surface area contributed by atoms with Crippen LogP contribution in [-0.4, -0.2) is 60.7 Å². The number of carbonyl (C=O) groups is 3. The second kappa shape index (κ2) is 11.0. The van der Waals surface area contributed by atoms with Gasteiger partial charge in [0, 0.05) is 12.7 Å². The second-order valence-electron chi connectivity index (χ2n) is 7.79. The van der Waals surface area contributed by atoms with E-state index in [4.69, 9.17) is 0 Å². The lowest BCUT2D eigenvalue weighted by Crippen LogP contribution is -2.48. The number of anilines is 2. The van der Waals surface area contributed by atoms with E-state index in [1.165, 1.54) is 36.0 Å². The van der Waals surface area contributed by atoms with E-state index >= 15 is 0 Å². The molecule has 0 aliphatic heterocycles. The van der Waals surface area contributed by atoms with Gasteiger partial charge in [-0.15, -0.1) is 0 Å². The zero-order chi connectivity index (χ0) is 24.8. The maximum absolute atomic E-state index is 13.1. The molecule has 1 atom stereocenters. The number of hydrogen-bond acceptors (Lipinski definition) is 4. The number of rotatable bonds is 8. The lowest BCUT2D eigenvalue weighted by molar-refractivity contribution is -0.137. The minimum Gasteiger partial charge on any atom is -0.335 e. The summed E-state index contributed by atoms with van der Waals surface area (Å²) < 4.78 is 39.3. The van der Waals surface area contributed by atoms with Gasteiger partial charge in [-0.3, -0.25) is 19.3 Å². The van der Waals surface area contributed by atoms with Gasteiger partial charge in [-0.05, 0) is 45.2 Å². The van der Waals surface area contributed by atoms with Gasteiger partial charge in [-0.2, -0.15) is 13.2 Å². The van der Waals surface area contributed by atoms with Crippen LogP contribution in [0.5, 0.6) is 0 Å². The normalized spacial score (nSPS) is 12.2. The van der Waals surface area contributed by atoms with Crippen molar-refractivity contribution in [2.75, 3.05) is 37.8 Å². The Morgan fingerprint density at radius 2 is 1.48 bits per heavy atom. The zero-order valence-electron chi connectivity index (χ0n) is 18.9. The summed E-state index contributed by atoms with van der Waals surface area (Å²) in [6.07, 6.45) is -4.61. The van der Waals surface area contributed by atoms with Crippen LogP contribution < -0.4 is 10.6 Å². The Kier molecular flexibility index (Phi) is 8.58. The van der Waals surface area contributed by atoms with Crippen LogP contribution in [0.3, 0.4) is 0 Å². The van der Waals surface area contributed by atoms with Gasteiger partial charge in [0.2, 0.25) is 17.7 Å². The molecular formula is C23H27F3N4O3. The fraction of sp³-hybridized carbons (Fsp3) is 0.348. The lowest BCUT2D eigenvalue weighted by Gasteiger charge is -2.27. The lowest BCUT2D eigenvalue weighted by atomic mass is 10.1. The van der Waals surface area contributed by atoms with E-state index in [2.05, 4.69) is 10.6 Å². The standard InChI is InChI=1S/C23H27F3N4O3/c1-15-9-11-17(12-10-15)27-20(31)14-30(4)22(33)16(2)29(3)13-21(32)28-19-8-6-5-7-18(19)23(24,25)26/h5-12,16H,13-14H2,1-4H3,(H,27,31)(H,28,32). The van der Waals surface area contributed by atoms with E-state index in [0.29, 0.717) is 5.69 Å². The molecule has 33 heavy (non-hydrogen) atoms. The third-order valence-electron chi connectivity index (χ3n) is 5.01. The van der Waals surface area contributed by atoms with E-state index in [1.54, 1.807) is 19.1 Å². The molecule has 10 heteroatoms. The molecule has 2 aromatic rings. The van der Waals surface area contributed by atoms with Crippen molar-refractivity contribution in [2.24, 2.45) is 0 Å². The molecule has 0 aliphatic rings. The van der Waals surface area contributed by atoms with Crippen molar-refractivity contribution in [3.63, 3.8) is 0 Å². The van der Waals surface area contributed by atoms with Gasteiger partial charge in [-0.25, -0.2) is 0 Å². The van der Waals surface area contributed by atoms with E-state index in [0.717, 1.165) is 17.7 Å². The first-order valence-electron chi connectivity index (χ1n) is 10.2. The minimum atomic E-state index is -4.61. The van der Waals surface area contributed by atoms with E-state index in [1.807, 2.05) is 19.1 Å². The number of carbonyl (C=O) groups excluding carboxylic acids is 3. The maximum atomic E-state index is 13.1. The van der Waals surface area contributed by atoms with Crippen molar-refractivity contribution in [1.82, 2.24) is 9.80 Å². The summed E-state index contributed by atoms with van der Waals surface area (Å²) in [5, 5.41) is 4.94. The molecule has 0 bridgehead atoms. The molecule has 0 heterocycles. The van der Waals surface area contributed by atoms with E-state index < -0.39 is 29.6 Å². The summed E-state index contributed by atoms with van der Waals surface area (Å²) >= 11 is 0. The summed E-state index contributed by atoms with van der Waals surface area (Å²) in [4.78, 5) is 39.8. The molecule has 0 aliphatic carbocycles. The van der Waals surface area contributed by atoms with Crippen LogP contribution >= 0.6 is 0 Å². The van der Waals surface area contributed by atoms with E-state index in [-0.39, 0.29) is 24.7 Å². The van der Waals surface area contributed by atoms with Crippen molar-refractivity contribution in [3.05, 3.63) is 59.7 Å². The van der Waals surface area contributed by atoms with Crippen LogP contribution in [-0.2, 0) is 20.6 Å². The number of likely N-dealkylation sites (N-methyl/N-ethyl adjacent to an activating group) is 2. The number of para-hydroxylation sites is 1. The molecule has 1 unspecified atom stereocenters. The van der Waals surface area contributed by atoms with Crippen molar-refractivity contribution in [3.8, 4) is 0 Å². The van der Waals surface area contributed by atoms with E-state index in [9.17, 15) is 27.6 Å². The Balaban J connectivity index is 1.91. The number of hydrogen-bond donors (Lipinski definition) is 2. The fourth-order valence-corrected chi connectivity index (χ4v) is 3.03. The first-order chi connectivity index (χ1) is 15.4. The van der Waals surface area contributed by atoms with Crippen molar-refractivity contribution >= 4 is 29.1 Å². The predicted molar refractivity (Wildman–Crippen MR) is 120 cm³/mol. The van der Waals surface area contributed by atoms with Gasteiger partial charge in [0.15, 0.2) is 0 Å². The fourth-order valence-electron chi connectivity index (χ4n) is 3.03. The molecule has 178 valence electrons. The first kappa shape index (κ1) is 25.9. The molecule has 0 fully saturated rings.